The maximum absolute atomic E-state index is 12.7. The summed E-state index contributed by atoms with van der Waals surface area (Å²) in [6.07, 6.45) is 0. The van der Waals surface area contributed by atoms with Crippen molar-refractivity contribution in [3.63, 3.8) is 0 Å². The van der Waals surface area contributed by atoms with Crippen molar-refractivity contribution in [2.45, 2.75) is 13.1 Å². The standard InChI is InChI=1S/C27H27N3O2/c1-29-12-14-30(15-13-29)18-20-8-6-19(7-9-20)17-28-27(32)21-10-11-23-22-4-2-3-5-24(22)26(31)25(23)16-21/h2-11,16H,12-15,17-18H2,1H3,(H,28,32). The lowest BCUT2D eigenvalue weighted by molar-refractivity contribution is 0.0951. The van der Waals surface area contributed by atoms with Crippen LogP contribution in [0, 0.1) is 0 Å². The predicted molar refractivity (Wildman–Crippen MR) is 126 cm³/mol. The van der Waals surface area contributed by atoms with Gasteiger partial charge in [0.15, 0.2) is 5.78 Å². The summed E-state index contributed by atoms with van der Waals surface area (Å²) in [5, 5.41) is 2.98. The summed E-state index contributed by atoms with van der Waals surface area (Å²) < 4.78 is 0. The fourth-order valence-electron chi connectivity index (χ4n) is 4.48. The third-order valence-electron chi connectivity index (χ3n) is 6.47. The smallest absolute Gasteiger partial charge is 0.251 e. The number of amides is 1. The Labute approximate surface area is 188 Å². The molecule has 1 fully saturated rings. The van der Waals surface area contributed by atoms with Crippen LogP contribution in [-0.4, -0.2) is 54.7 Å². The van der Waals surface area contributed by atoms with Crippen LogP contribution >= 0.6 is 0 Å². The summed E-state index contributed by atoms with van der Waals surface area (Å²) in [5.74, 6) is -0.181. The minimum atomic E-state index is -0.168. The second-order valence-electron chi connectivity index (χ2n) is 8.71. The molecule has 1 aliphatic carbocycles. The lowest BCUT2D eigenvalue weighted by Crippen LogP contribution is -2.43. The van der Waals surface area contributed by atoms with Gasteiger partial charge in [-0.05, 0) is 41.4 Å². The van der Waals surface area contributed by atoms with Crippen LogP contribution in [0.1, 0.15) is 37.4 Å². The van der Waals surface area contributed by atoms with Crippen molar-refractivity contribution < 1.29 is 9.59 Å². The van der Waals surface area contributed by atoms with Gasteiger partial charge >= 0.3 is 0 Å². The average Bonchev–Trinajstić information content (AvgIpc) is 3.11. The number of nitrogens with one attached hydrogen (secondary N) is 1. The van der Waals surface area contributed by atoms with Gasteiger partial charge in [-0.25, -0.2) is 0 Å². The first-order valence-electron chi connectivity index (χ1n) is 11.1. The van der Waals surface area contributed by atoms with E-state index in [0.29, 0.717) is 23.2 Å². The Kier molecular flexibility index (Phi) is 5.60. The van der Waals surface area contributed by atoms with Gasteiger partial charge in [0.25, 0.3) is 5.91 Å². The minimum absolute atomic E-state index is 0.0128. The van der Waals surface area contributed by atoms with Crippen molar-refractivity contribution in [1.29, 1.82) is 0 Å². The van der Waals surface area contributed by atoms with E-state index in [1.807, 2.05) is 30.3 Å². The zero-order valence-corrected chi connectivity index (χ0v) is 18.3. The molecule has 0 atom stereocenters. The third kappa shape index (κ3) is 4.09. The van der Waals surface area contributed by atoms with Crippen molar-refractivity contribution in [3.05, 3.63) is 94.5 Å². The third-order valence-corrected chi connectivity index (χ3v) is 6.47. The van der Waals surface area contributed by atoms with E-state index in [4.69, 9.17) is 0 Å². The van der Waals surface area contributed by atoms with Gasteiger partial charge < -0.3 is 10.2 Å². The highest BCUT2D eigenvalue weighted by molar-refractivity contribution is 6.22. The number of benzene rings is 3. The molecule has 32 heavy (non-hydrogen) atoms. The van der Waals surface area contributed by atoms with Crippen LogP contribution in [0.3, 0.4) is 0 Å². The molecular formula is C27H27N3O2. The Balaban J connectivity index is 1.20. The molecule has 5 heteroatoms. The Morgan fingerprint density at radius 3 is 2.22 bits per heavy atom. The summed E-state index contributed by atoms with van der Waals surface area (Å²) >= 11 is 0. The molecule has 1 aliphatic heterocycles. The van der Waals surface area contributed by atoms with E-state index in [1.165, 1.54) is 5.56 Å². The minimum Gasteiger partial charge on any atom is -0.348 e. The number of ketones is 1. The molecule has 5 nitrogen and oxygen atoms in total. The maximum Gasteiger partial charge on any atom is 0.251 e. The maximum atomic E-state index is 12.7. The van der Waals surface area contributed by atoms with E-state index in [9.17, 15) is 9.59 Å². The van der Waals surface area contributed by atoms with Gasteiger partial charge in [0, 0.05) is 56.0 Å². The normalized spacial score (nSPS) is 16.0. The number of nitrogens with zero attached hydrogens (tertiary/aromatic N) is 2. The van der Waals surface area contributed by atoms with Crippen LogP contribution in [-0.2, 0) is 13.1 Å². The molecule has 2 aliphatic rings. The average molecular weight is 426 g/mol. The highest BCUT2D eigenvalue weighted by atomic mass is 16.1. The number of rotatable bonds is 5. The van der Waals surface area contributed by atoms with Crippen LogP contribution in [0.2, 0.25) is 0 Å². The van der Waals surface area contributed by atoms with Gasteiger partial charge in [0.2, 0.25) is 0 Å². The van der Waals surface area contributed by atoms with E-state index in [0.717, 1.165) is 49.4 Å². The number of piperazine rings is 1. The fourth-order valence-corrected chi connectivity index (χ4v) is 4.48. The molecule has 162 valence electrons. The molecule has 0 unspecified atom stereocenters. The Morgan fingerprint density at radius 2 is 1.47 bits per heavy atom. The number of fused-ring (bicyclic) bond motifs is 3. The van der Waals surface area contributed by atoms with Gasteiger partial charge in [-0.3, -0.25) is 14.5 Å². The van der Waals surface area contributed by atoms with Crippen LogP contribution in [0.15, 0.2) is 66.7 Å². The SMILES string of the molecule is CN1CCN(Cc2ccc(CNC(=O)c3ccc4c(c3)C(=O)c3ccccc3-4)cc2)CC1. The van der Waals surface area contributed by atoms with Gasteiger partial charge in [0.1, 0.15) is 0 Å². The molecule has 0 saturated carbocycles. The first kappa shape index (κ1) is 20.6. The number of hydrogen-bond donors (Lipinski definition) is 1. The predicted octanol–water partition coefficient (Wildman–Crippen LogP) is 3.58. The van der Waals surface area contributed by atoms with Crippen molar-refractivity contribution >= 4 is 11.7 Å². The summed E-state index contributed by atoms with van der Waals surface area (Å²) in [6, 6.07) is 21.4. The highest BCUT2D eigenvalue weighted by Gasteiger charge is 2.27. The fraction of sp³-hybridized carbons (Fsp3) is 0.259. The molecule has 5 rings (SSSR count). The Hall–Kier alpha value is -3.28. The second kappa shape index (κ2) is 8.69. The van der Waals surface area contributed by atoms with E-state index < -0.39 is 0 Å². The summed E-state index contributed by atoms with van der Waals surface area (Å²) in [5.41, 5.74) is 6.01. The van der Waals surface area contributed by atoms with Gasteiger partial charge in [-0.1, -0.05) is 54.6 Å². The van der Waals surface area contributed by atoms with Crippen molar-refractivity contribution in [2.75, 3.05) is 33.2 Å². The number of carbonyl (C=O) groups excluding carboxylic acids is 2. The second-order valence-corrected chi connectivity index (χ2v) is 8.71. The van der Waals surface area contributed by atoms with Crippen molar-refractivity contribution in [1.82, 2.24) is 15.1 Å². The molecule has 3 aromatic rings. The van der Waals surface area contributed by atoms with Crippen LogP contribution in [0.5, 0.6) is 0 Å². The molecule has 1 heterocycles. The summed E-state index contributed by atoms with van der Waals surface area (Å²) in [7, 11) is 2.17. The van der Waals surface area contributed by atoms with E-state index in [-0.39, 0.29) is 11.7 Å². The molecule has 3 aromatic carbocycles. The first-order chi connectivity index (χ1) is 15.6. The first-order valence-corrected chi connectivity index (χ1v) is 11.1. The zero-order chi connectivity index (χ0) is 22.1. The highest BCUT2D eigenvalue weighted by Crippen LogP contribution is 2.36. The van der Waals surface area contributed by atoms with Crippen LogP contribution in [0.25, 0.3) is 11.1 Å². The molecule has 0 bridgehead atoms. The lowest BCUT2D eigenvalue weighted by Gasteiger charge is -2.32. The van der Waals surface area contributed by atoms with Crippen molar-refractivity contribution in [3.8, 4) is 11.1 Å². The molecule has 0 aromatic heterocycles. The monoisotopic (exact) mass is 425 g/mol. The molecule has 0 radical (unpaired) electrons. The molecule has 1 amide bonds. The van der Waals surface area contributed by atoms with E-state index in [2.05, 4.69) is 46.4 Å². The summed E-state index contributed by atoms with van der Waals surface area (Å²) in [6.45, 7) is 5.85. The number of carbonyl (C=O) groups is 2. The van der Waals surface area contributed by atoms with E-state index >= 15 is 0 Å². The quantitative estimate of drug-likeness (QED) is 0.531. The molecule has 1 saturated heterocycles. The van der Waals surface area contributed by atoms with Crippen molar-refractivity contribution in [2.24, 2.45) is 0 Å². The lowest BCUT2D eigenvalue weighted by atomic mass is 10.0. The Morgan fingerprint density at radius 1 is 0.812 bits per heavy atom. The number of likely N-dealkylation sites (N-methyl/N-ethyl adjacent to an activating group) is 1. The number of hydrogen-bond acceptors (Lipinski definition) is 4. The van der Waals surface area contributed by atoms with Gasteiger partial charge in [-0.15, -0.1) is 0 Å². The molecular weight excluding hydrogens is 398 g/mol. The van der Waals surface area contributed by atoms with Crippen LogP contribution in [0.4, 0.5) is 0 Å². The molecule has 0 spiro atoms. The van der Waals surface area contributed by atoms with E-state index in [1.54, 1.807) is 12.1 Å². The Bertz CT molecular complexity index is 1160. The topological polar surface area (TPSA) is 52.6 Å². The summed E-state index contributed by atoms with van der Waals surface area (Å²) in [4.78, 5) is 30.3. The molecule has 1 N–H and O–H groups in total. The van der Waals surface area contributed by atoms with Gasteiger partial charge in [-0.2, -0.15) is 0 Å². The van der Waals surface area contributed by atoms with Crippen LogP contribution < -0.4 is 5.32 Å². The largest absolute Gasteiger partial charge is 0.348 e. The van der Waals surface area contributed by atoms with Gasteiger partial charge in [0.05, 0.1) is 0 Å². The zero-order valence-electron chi connectivity index (χ0n) is 18.3.